The van der Waals surface area contributed by atoms with E-state index < -0.39 is 0 Å². The molecule has 1 aromatic heterocycles. The van der Waals surface area contributed by atoms with Crippen molar-refractivity contribution in [2.75, 3.05) is 10.6 Å². The molecule has 128 valence electrons. The van der Waals surface area contributed by atoms with Gasteiger partial charge in [0.1, 0.15) is 11.8 Å². The van der Waals surface area contributed by atoms with Crippen LogP contribution in [-0.4, -0.2) is 16.9 Å². The van der Waals surface area contributed by atoms with Gasteiger partial charge in [-0.25, -0.2) is 4.98 Å². The first-order valence-corrected chi connectivity index (χ1v) is 8.71. The predicted molar refractivity (Wildman–Crippen MR) is 98.6 cm³/mol. The van der Waals surface area contributed by atoms with Crippen LogP contribution in [0.4, 0.5) is 11.4 Å². The Labute approximate surface area is 148 Å². The SMILES string of the molecule is Cc1nc(C(=O)Nc2ccc(NC3CCCCC3)cc2)ccc1C#N. The van der Waals surface area contributed by atoms with Crippen LogP contribution in [0.3, 0.4) is 0 Å². The van der Waals surface area contributed by atoms with Crippen molar-refractivity contribution >= 4 is 17.3 Å². The summed E-state index contributed by atoms with van der Waals surface area (Å²) in [6.07, 6.45) is 6.38. The predicted octanol–water partition coefficient (Wildman–Crippen LogP) is 4.26. The number of anilines is 2. The number of rotatable bonds is 4. The summed E-state index contributed by atoms with van der Waals surface area (Å²) in [5, 5.41) is 15.3. The van der Waals surface area contributed by atoms with Gasteiger partial charge in [0.2, 0.25) is 0 Å². The normalized spacial score (nSPS) is 14.6. The molecule has 0 bridgehead atoms. The highest BCUT2D eigenvalue weighted by Crippen LogP contribution is 2.22. The fraction of sp³-hybridized carbons (Fsp3) is 0.350. The van der Waals surface area contributed by atoms with Crippen molar-refractivity contribution in [1.29, 1.82) is 5.26 Å². The summed E-state index contributed by atoms with van der Waals surface area (Å²) in [7, 11) is 0. The average Bonchev–Trinajstić information content (AvgIpc) is 2.64. The number of pyridine rings is 1. The number of nitriles is 1. The number of nitrogens with one attached hydrogen (secondary N) is 2. The summed E-state index contributed by atoms with van der Waals surface area (Å²) in [6, 6.07) is 13.5. The number of hydrogen-bond donors (Lipinski definition) is 2. The maximum absolute atomic E-state index is 12.3. The highest BCUT2D eigenvalue weighted by atomic mass is 16.1. The van der Waals surface area contributed by atoms with E-state index in [9.17, 15) is 4.79 Å². The number of aromatic nitrogens is 1. The molecule has 2 aromatic rings. The minimum absolute atomic E-state index is 0.277. The summed E-state index contributed by atoms with van der Waals surface area (Å²) in [6.45, 7) is 1.72. The van der Waals surface area contributed by atoms with Gasteiger partial charge in [-0.15, -0.1) is 0 Å². The van der Waals surface area contributed by atoms with E-state index in [0.29, 0.717) is 23.0 Å². The van der Waals surface area contributed by atoms with Crippen molar-refractivity contribution in [2.45, 2.75) is 45.1 Å². The van der Waals surface area contributed by atoms with E-state index in [1.807, 2.05) is 30.3 Å². The number of aryl methyl sites for hydroxylation is 1. The fourth-order valence-electron chi connectivity index (χ4n) is 3.13. The van der Waals surface area contributed by atoms with Crippen LogP contribution in [0.1, 0.15) is 53.8 Å². The van der Waals surface area contributed by atoms with Crippen LogP contribution in [0.25, 0.3) is 0 Å². The molecule has 1 aromatic carbocycles. The Morgan fingerprint density at radius 3 is 2.40 bits per heavy atom. The maximum atomic E-state index is 12.3. The third-order valence-electron chi connectivity index (χ3n) is 4.56. The molecule has 1 heterocycles. The molecule has 2 N–H and O–H groups in total. The summed E-state index contributed by atoms with van der Waals surface area (Å²) in [4.78, 5) is 16.5. The van der Waals surface area contributed by atoms with Crippen molar-refractivity contribution in [3.63, 3.8) is 0 Å². The molecule has 1 saturated carbocycles. The van der Waals surface area contributed by atoms with E-state index in [4.69, 9.17) is 5.26 Å². The quantitative estimate of drug-likeness (QED) is 0.876. The third kappa shape index (κ3) is 4.36. The van der Waals surface area contributed by atoms with E-state index in [1.54, 1.807) is 19.1 Å². The van der Waals surface area contributed by atoms with Gasteiger partial charge in [0.25, 0.3) is 5.91 Å². The lowest BCUT2D eigenvalue weighted by Crippen LogP contribution is -2.22. The lowest BCUT2D eigenvalue weighted by molar-refractivity contribution is 0.102. The lowest BCUT2D eigenvalue weighted by Gasteiger charge is -2.23. The van der Waals surface area contributed by atoms with Gasteiger partial charge in [0.05, 0.1) is 11.3 Å². The van der Waals surface area contributed by atoms with Crippen molar-refractivity contribution in [3.8, 4) is 6.07 Å². The molecule has 0 radical (unpaired) electrons. The minimum atomic E-state index is -0.277. The number of nitrogens with zero attached hydrogens (tertiary/aromatic N) is 2. The Hall–Kier alpha value is -2.87. The third-order valence-corrected chi connectivity index (χ3v) is 4.56. The molecule has 0 spiro atoms. The summed E-state index contributed by atoms with van der Waals surface area (Å²) in [5.41, 5.74) is 3.15. The Morgan fingerprint density at radius 1 is 1.08 bits per heavy atom. The smallest absolute Gasteiger partial charge is 0.274 e. The van der Waals surface area contributed by atoms with Crippen LogP contribution >= 0.6 is 0 Å². The van der Waals surface area contributed by atoms with E-state index >= 15 is 0 Å². The molecule has 5 heteroatoms. The fourth-order valence-corrected chi connectivity index (χ4v) is 3.13. The van der Waals surface area contributed by atoms with Crippen LogP contribution in [0, 0.1) is 18.3 Å². The van der Waals surface area contributed by atoms with Gasteiger partial charge in [-0.1, -0.05) is 19.3 Å². The summed E-state index contributed by atoms with van der Waals surface area (Å²) >= 11 is 0. The Balaban J connectivity index is 1.61. The van der Waals surface area contributed by atoms with Crippen molar-refractivity contribution in [2.24, 2.45) is 0 Å². The molecule has 5 nitrogen and oxygen atoms in total. The molecule has 1 aliphatic carbocycles. The van der Waals surface area contributed by atoms with Crippen molar-refractivity contribution < 1.29 is 4.79 Å². The molecule has 1 amide bonds. The zero-order valence-electron chi connectivity index (χ0n) is 14.4. The van der Waals surface area contributed by atoms with Crippen LogP contribution in [-0.2, 0) is 0 Å². The van der Waals surface area contributed by atoms with Crippen LogP contribution in [0.2, 0.25) is 0 Å². The zero-order chi connectivity index (χ0) is 17.6. The number of hydrogen-bond acceptors (Lipinski definition) is 4. The topological polar surface area (TPSA) is 77.8 Å². The van der Waals surface area contributed by atoms with Crippen molar-refractivity contribution in [1.82, 2.24) is 4.98 Å². The van der Waals surface area contributed by atoms with Crippen LogP contribution in [0.15, 0.2) is 36.4 Å². The molecule has 0 atom stereocenters. The molecule has 25 heavy (non-hydrogen) atoms. The molecular weight excluding hydrogens is 312 g/mol. The highest BCUT2D eigenvalue weighted by molar-refractivity contribution is 6.03. The zero-order valence-corrected chi connectivity index (χ0v) is 14.4. The Kier molecular flexibility index (Phi) is 5.30. The molecule has 0 aliphatic heterocycles. The molecular formula is C20H22N4O. The van der Waals surface area contributed by atoms with Gasteiger partial charge < -0.3 is 10.6 Å². The standard InChI is InChI=1S/C20H22N4O/c1-14-15(13-21)7-12-19(22-14)20(25)24-18-10-8-17(9-11-18)23-16-5-3-2-4-6-16/h7-12,16,23H,2-6H2,1H3,(H,24,25). The van der Waals surface area contributed by atoms with Gasteiger partial charge in [-0.2, -0.15) is 5.26 Å². The second-order valence-corrected chi connectivity index (χ2v) is 6.45. The van der Waals surface area contributed by atoms with Gasteiger partial charge in [0, 0.05) is 17.4 Å². The van der Waals surface area contributed by atoms with Crippen LogP contribution in [0.5, 0.6) is 0 Å². The minimum Gasteiger partial charge on any atom is -0.382 e. The first-order valence-electron chi connectivity index (χ1n) is 8.71. The van der Waals surface area contributed by atoms with E-state index in [0.717, 1.165) is 11.4 Å². The van der Waals surface area contributed by atoms with E-state index in [2.05, 4.69) is 15.6 Å². The van der Waals surface area contributed by atoms with Crippen LogP contribution < -0.4 is 10.6 Å². The number of benzene rings is 1. The highest BCUT2D eigenvalue weighted by Gasteiger charge is 2.13. The largest absolute Gasteiger partial charge is 0.382 e. The first-order chi connectivity index (χ1) is 12.2. The number of amides is 1. The Morgan fingerprint density at radius 2 is 1.76 bits per heavy atom. The van der Waals surface area contributed by atoms with E-state index in [-0.39, 0.29) is 5.91 Å². The molecule has 3 rings (SSSR count). The van der Waals surface area contributed by atoms with Crippen molar-refractivity contribution in [3.05, 3.63) is 53.3 Å². The molecule has 0 unspecified atom stereocenters. The average molecular weight is 334 g/mol. The van der Waals surface area contributed by atoms with Gasteiger partial charge >= 0.3 is 0 Å². The maximum Gasteiger partial charge on any atom is 0.274 e. The molecule has 1 fully saturated rings. The summed E-state index contributed by atoms with van der Waals surface area (Å²) in [5.74, 6) is -0.277. The Bertz CT molecular complexity index is 786. The van der Waals surface area contributed by atoms with Gasteiger partial charge in [-0.05, 0) is 56.2 Å². The van der Waals surface area contributed by atoms with Gasteiger partial charge in [0.15, 0.2) is 0 Å². The number of carbonyl (C=O) groups is 1. The van der Waals surface area contributed by atoms with Gasteiger partial charge in [-0.3, -0.25) is 4.79 Å². The molecule has 1 aliphatic rings. The second-order valence-electron chi connectivity index (χ2n) is 6.45. The monoisotopic (exact) mass is 334 g/mol. The molecule has 0 saturated heterocycles. The summed E-state index contributed by atoms with van der Waals surface area (Å²) < 4.78 is 0. The number of carbonyl (C=O) groups excluding carboxylic acids is 1. The second kappa shape index (κ2) is 7.80. The lowest BCUT2D eigenvalue weighted by atomic mass is 9.95. The van der Waals surface area contributed by atoms with E-state index in [1.165, 1.54) is 32.1 Å². The first kappa shape index (κ1) is 17.0.